The van der Waals surface area contributed by atoms with Crippen LogP contribution in [0.4, 0.5) is 5.69 Å². The third-order valence-electron chi connectivity index (χ3n) is 3.36. The van der Waals surface area contributed by atoms with Gasteiger partial charge in [0.1, 0.15) is 4.21 Å². The summed E-state index contributed by atoms with van der Waals surface area (Å²) in [5.41, 5.74) is 1.02. The van der Waals surface area contributed by atoms with Crippen LogP contribution in [0, 0.1) is 0 Å². The first-order valence-corrected chi connectivity index (χ1v) is 10.3. The van der Waals surface area contributed by atoms with Crippen molar-refractivity contribution in [3.05, 3.63) is 46.8 Å². The zero-order valence-electron chi connectivity index (χ0n) is 13.7. The van der Waals surface area contributed by atoms with E-state index in [1.165, 1.54) is 19.2 Å². The summed E-state index contributed by atoms with van der Waals surface area (Å²) in [4.78, 5) is 11.9. The van der Waals surface area contributed by atoms with Crippen LogP contribution in [0.2, 0.25) is 4.34 Å². The van der Waals surface area contributed by atoms with Gasteiger partial charge >= 0.3 is 0 Å². The monoisotopic (exact) mass is 401 g/mol. The van der Waals surface area contributed by atoms with Gasteiger partial charge in [0.2, 0.25) is 5.91 Å². The number of halogens is 1. The van der Waals surface area contributed by atoms with Gasteiger partial charge in [0.15, 0.2) is 0 Å². The highest BCUT2D eigenvalue weighted by molar-refractivity contribution is 7.91. The van der Waals surface area contributed by atoms with E-state index >= 15 is 0 Å². The van der Waals surface area contributed by atoms with E-state index in [4.69, 9.17) is 11.6 Å². The Hall–Kier alpha value is -1.61. The predicted octanol–water partition coefficient (Wildman–Crippen LogP) is 2.64. The highest BCUT2D eigenvalue weighted by Crippen LogP contribution is 2.27. The molecule has 2 aromatic rings. The number of nitrogens with one attached hydrogen (secondary N) is 2. The van der Waals surface area contributed by atoms with Gasteiger partial charge in [-0.1, -0.05) is 29.8 Å². The Labute approximate surface area is 156 Å². The Bertz CT molecular complexity index is 794. The molecule has 1 aromatic heterocycles. The number of hydrogen-bond donors (Lipinski definition) is 2. The maximum atomic E-state index is 12.3. The lowest BCUT2D eigenvalue weighted by Gasteiger charge is -2.15. The molecule has 2 N–H and O–H groups in total. The van der Waals surface area contributed by atoms with Crippen LogP contribution in [0.5, 0.6) is 0 Å². The van der Waals surface area contributed by atoms with Crippen molar-refractivity contribution < 1.29 is 13.2 Å². The van der Waals surface area contributed by atoms with Gasteiger partial charge in [-0.15, -0.1) is 11.3 Å². The molecule has 9 heteroatoms. The molecular formula is C16H20ClN3O3S2. The van der Waals surface area contributed by atoms with Gasteiger partial charge in [0.25, 0.3) is 10.0 Å². The Morgan fingerprint density at radius 1 is 1.16 bits per heavy atom. The van der Waals surface area contributed by atoms with E-state index in [0.717, 1.165) is 27.8 Å². The quantitative estimate of drug-likeness (QED) is 0.633. The normalized spacial score (nSPS) is 11.5. The fraction of sp³-hybridized carbons (Fsp3) is 0.312. The van der Waals surface area contributed by atoms with Crippen LogP contribution in [-0.2, 0) is 14.8 Å². The van der Waals surface area contributed by atoms with Gasteiger partial charge in [-0.25, -0.2) is 8.42 Å². The molecule has 0 fully saturated rings. The topological polar surface area (TPSA) is 78.5 Å². The van der Waals surface area contributed by atoms with Crippen LogP contribution in [0.15, 0.2) is 46.7 Å². The van der Waals surface area contributed by atoms with Gasteiger partial charge in [0.05, 0.1) is 10.9 Å². The Morgan fingerprint density at radius 2 is 1.88 bits per heavy atom. The minimum Gasteiger partial charge on any atom is -0.385 e. The summed E-state index contributed by atoms with van der Waals surface area (Å²) in [5.74, 6) is -0.339. The summed E-state index contributed by atoms with van der Waals surface area (Å²) < 4.78 is 26.1. The third kappa shape index (κ3) is 6.00. The van der Waals surface area contributed by atoms with E-state index in [1.54, 1.807) is 0 Å². The number of nitrogens with zero attached hydrogens (tertiary/aromatic N) is 1. The molecule has 0 aliphatic heterocycles. The number of thiophene rings is 1. The molecule has 25 heavy (non-hydrogen) atoms. The highest BCUT2D eigenvalue weighted by atomic mass is 35.5. The first-order valence-electron chi connectivity index (χ1n) is 7.67. The summed E-state index contributed by atoms with van der Waals surface area (Å²) in [6.45, 7) is 0.952. The van der Waals surface area contributed by atoms with Crippen LogP contribution in [0.25, 0.3) is 0 Å². The number of benzene rings is 1. The number of para-hydroxylation sites is 1. The third-order valence-corrected chi connectivity index (χ3v) is 6.86. The lowest BCUT2D eigenvalue weighted by molar-refractivity contribution is -0.121. The molecular weight excluding hydrogens is 382 g/mol. The van der Waals surface area contributed by atoms with E-state index in [9.17, 15) is 13.2 Å². The van der Waals surface area contributed by atoms with Crippen LogP contribution in [0.1, 0.15) is 6.42 Å². The zero-order chi connectivity index (χ0) is 18.3. The summed E-state index contributed by atoms with van der Waals surface area (Å²) in [7, 11) is -2.32. The summed E-state index contributed by atoms with van der Waals surface area (Å²) >= 11 is 6.74. The molecule has 0 spiro atoms. The number of carbonyl (C=O) groups is 1. The Balaban J connectivity index is 1.71. The maximum absolute atomic E-state index is 12.3. The van der Waals surface area contributed by atoms with Gasteiger partial charge in [-0.05, 0) is 30.7 Å². The van der Waals surface area contributed by atoms with Gasteiger partial charge in [-0.2, -0.15) is 4.31 Å². The van der Waals surface area contributed by atoms with Gasteiger partial charge in [-0.3, -0.25) is 4.79 Å². The van der Waals surface area contributed by atoms with Crippen LogP contribution in [-0.4, -0.2) is 45.3 Å². The fourth-order valence-electron chi connectivity index (χ4n) is 2.04. The summed E-state index contributed by atoms with van der Waals surface area (Å²) in [5, 5.41) is 5.96. The number of sulfonamides is 1. The molecule has 0 saturated heterocycles. The minimum atomic E-state index is -3.69. The van der Waals surface area contributed by atoms with Crippen molar-refractivity contribution in [3.63, 3.8) is 0 Å². The molecule has 6 nitrogen and oxygen atoms in total. The van der Waals surface area contributed by atoms with E-state index < -0.39 is 10.0 Å². The molecule has 0 unspecified atom stereocenters. The Morgan fingerprint density at radius 3 is 2.52 bits per heavy atom. The first kappa shape index (κ1) is 19.7. The summed E-state index contributed by atoms with van der Waals surface area (Å²) in [6, 6.07) is 12.7. The minimum absolute atomic E-state index is 0.125. The highest BCUT2D eigenvalue weighted by Gasteiger charge is 2.24. The molecule has 0 bridgehead atoms. The molecule has 1 amide bonds. The van der Waals surface area contributed by atoms with Crippen LogP contribution in [0.3, 0.4) is 0 Å². The molecule has 0 aliphatic carbocycles. The maximum Gasteiger partial charge on any atom is 0.252 e. The van der Waals surface area contributed by atoms with Crippen LogP contribution < -0.4 is 10.6 Å². The SMILES string of the molecule is CN(CC(=O)NCCCNc1ccccc1)S(=O)(=O)c1ccc(Cl)s1. The van der Waals surface area contributed by atoms with E-state index in [1.807, 2.05) is 30.3 Å². The van der Waals surface area contributed by atoms with Crippen molar-refractivity contribution >= 4 is 44.6 Å². The number of anilines is 1. The molecule has 136 valence electrons. The molecule has 0 atom stereocenters. The second-order valence-electron chi connectivity index (χ2n) is 5.32. The number of amides is 1. The average Bonchev–Trinajstić information content (AvgIpc) is 3.02. The molecule has 0 radical (unpaired) electrons. The van der Waals surface area contributed by atoms with E-state index in [0.29, 0.717) is 17.4 Å². The molecule has 1 aromatic carbocycles. The van der Waals surface area contributed by atoms with Crippen molar-refractivity contribution in [2.45, 2.75) is 10.6 Å². The number of carbonyl (C=O) groups excluding carboxylic acids is 1. The first-order chi connectivity index (χ1) is 11.9. The molecule has 1 heterocycles. The smallest absolute Gasteiger partial charge is 0.252 e. The van der Waals surface area contributed by atoms with Crippen molar-refractivity contribution in [2.75, 3.05) is 32.0 Å². The van der Waals surface area contributed by atoms with Gasteiger partial charge < -0.3 is 10.6 Å². The largest absolute Gasteiger partial charge is 0.385 e. The van der Waals surface area contributed by atoms with E-state index in [-0.39, 0.29) is 16.7 Å². The number of hydrogen-bond acceptors (Lipinski definition) is 5. The number of rotatable bonds is 9. The molecule has 0 saturated carbocycles. The second kappa shape index (κ2) is 9.19. The standard InChI is InChI=1S/C16H20ClN3O3S2/c1-20(25(22,23)16-9-8-14(17)24-16)12-15(21)19-11-5-10-18-13-6-3-2-4-7-13/h2-4,6-9,18H,5,10-12H2,1H3,(H,19,21). The average molecular weight is 402 g/mol. The van der Waals surface area contributed by atoms with Crippen molar-refractivity contribution in [1.82, 2.24) is 9.62 Å². The second-order valence-corrected chi connectivity index (χ2v) is 9.30. The lowest BCUT2D eigenvalue weighted by atomic mass is 10.3. The van der Waals surface area contributed by atoms with Crippen LogP contribution >= 0.6 is 22.9 Å². The van der Waals surface area contributed by atoms with E-state index in [2.05, 4.69) is 10.6 Å². The van der Waals surface area contributed by atoms with Crippen molar-refractivity contribution in [2.24, 2.45) is 0 Å². The number of likely N-dealkylation sites (N-methyl/N-ethyl adjacent to an activating group) is 1. The van der Waals surface area contributed by atoms with Gasteiger partial charge in [0, 0.05) is 25.8 Å². The summed E-state index contributed by atoms with van der Waals surface area (Å²) in [6.07, 6.45) is 0.734. The Kier molecular flexibility index (Phi) is 7.24. The fourth-order valence-corrected chi connectivity index (χ4v) is 4.86. The lowest BCUT2D eigenvalue weighted by Crippen LogP contribution is -2.38. The molecule has 2 rings (SSSR count). The zero-order valence-corrected chi connectivity index (χ0v) is 16.1. The van der Waals surface area contributed by atoms with Crippen molar-refractivity contribution in [1.29, 1.82) is 0 Å². The molecule has 0 aliphatic rings. The predicted molar refractivity (Wildman–Crippen MR) is 102 cm³/mol. The van der Waals surface area contributed by atoms with Crippen molar-refractivity contribution in [3.8, 4) is 0 Å².